The van der Waals surface area contributed by atoms with Gasteiger partial charge in [0, 0.05) is 18.2 Å². The van der Waals surface area contributed by atoms with Crippen LogP contribution < -0.4 is 0 Å². The summed E-state index contributed by atoms with van der Waals surface area (Å²) in [4.78, 5) is 18.6. The molecule has 0 fully saturated rings. The van der Waals surface area contributed by atoms with Crippen molar-refractivity contribution in [1.29, 1.82) is 0 Å². The van der Waals surface area contributed by atoms with Gasteiger partial charge >= 0.3 is 6.09 Å². The van der Waals surface area contributed by atoms with Gasteiger partial charge in [-0.25, -0.2) is 9.78 Å². The third kappa shape index (κ3) is 5.11. The van der Waals surface area contributed by atoms with Gasteiger partial charge in [-0.05, 0) is 5.56 Å². The van der Waals surface area contributed by atoms with Crippen LogP contribution in [0.4, 0.5) is 4.79 Å². The molecule has 4 rings (SSSR count). The molecule has 0 bridgehead atoms. The zero-order valence-corrected chi connectivity index (χ0v) is 17.2. The Hall–Kier alpha value is -4.06. The predicted octanol–water partition coefficient (Wildman–Crippen LogP) is 4.97. The molecule has 0 N–H and O–H groups in total. The second-order valence-electron chi connectivity index (χ2n) is 7.05. The molecule has 0 spiro atoms. The smallest absolute Gasteiger partial charge is 0.410 e. The molecule has 4 aromatic rings. The average molecular weight is 410 g/mol. The highest BCUT2D eigenvalue weighted by Gasteiger charge is 2.17. The molecule has 0 radical (unpaired) electrons. The van der Waals surface area contributed by atoms with Crippen LogP contribution >= 0.6 is 0 Å². The number of hydrogen-bond donors (Lipinski definition) is 0. The van der Waals surface area contributed by atoms with Gasteiger partial charge in [0.1, 0.15) is 18.0 Å². The van der Waals surface area contributed by atoms with E-state index in [4.69, 9.17) is 9.72 Å². The molecule has 3 aromatic carbocycles. The van der Waals surface area contributed by atoms with Crippen LogP contribution in [-0.2, 0) is 17.9 Å². The first-order chi connectivity index (χ1) is 15.2. The van der Waals surface area contributed by atoms with Crippen molar-refractivity contribution in [2.75, 3.05) is 7.05 Å². The lowest BCUT2D eigenvalue weighted by atomic mass is 10.0. The van der Waals surface area contributed by atoms with E-state index in [0.29, 0.717) is 11.5 Å². The Morgan fingerprint density at radius 2 is 1.32 bits per heavy atom. The summed E-state index contributed by atoms with van der Waals surface area (Å²) in [7, 11) is 1.66. The molecule has 1 amide bonds. The van der Waals surface area contributed by atoms with Crippen molar-refractivity contribution in [3.8, 4) is 22.5 Å². The minimum Gasteiger partial charge on any atom is -0.445 e. The molecule has 0 saturated heterocycles. The standard InChI is InChI=1S/C25H22N4O2/c1-29(25(30)31-18-19-11-5-2-6-12-19)17-22-26-23(20-13-7-3-8-14-20)24(28-27-22)21-15-9-4-10-16-21/h2-16H,17-18H2,1H3. The fraction of sp³-hybridized carbons (Fsp3) is 0.120. The second-order valence-corrected chi connectivity index (χ2v) is 7.05. The van der Waals surface area contributed by atoms with Crippen molar-refractivity contribution < 1.29 is 9.53 Å². The molecule has 0 aliphatic carbocycles. The summed E-state index contributed by atoms with van der Waals surface area (Å²) in [6.07, 6.45) is -0.444. The van der Waals surface area contributed by atoms with Crippen LogP contribution in [0.1, 0.15) is 11.4 Å². The monoisotopic (exact) mass is 410 g/mol. The zero-order valence-electron chi connectivity index (χ0n) is 17.2. The molecular formula is C25H22N4O2. The Bertz CT molecular complexity index is 1140. The maximum absolute atomic E-state index is 12.4. The quantitative estimate of drug-likeness (QED) is 0.449. The maximum Gasteiger partial charge on any atom is 0.410 e. The van der Waals surface area contributed by atoms with Gasteiger partial charge in [0.05, 0.1) is 6.54 Å². The highest BCUT2D eigenvalue weighted by molar-refractivity contribution is 5.77. The van der Waals surface area contributed by atoms with Crippen LogP contribution in [-0.4, -0.2) is 33.2 Å². The van der Waals surface area contributed by atoms with Crippen molar-refractivity contribution in [2.24, 2.45) is 0 Å². The van der Waals surface area contributed by atoms with Crippen LogP contribution in [0.15, 0.2) is 91.0 Å². The Balaban J connectivity index is 1.54. The second kappa shape index (κ2) is 9.63. The SMILES string of the molecule is CN(Cc1nnc(-c2ccccc2)c(-c2ccccc2)n1)C(=O)OCc1ccccc1. The van der Waals surface area contributed by atoms with Crippen molar-refractivity contribution in [2.45, 2.75) is 13.2 Å². The molecule has 6 heteroatoms. The molecule has 1 aromatic heterocycles. The summed E-state index contributed by atoms with van der Waals surface area (Å²) in [6, 6.07) is 29.2. The Morgan fingerprint density at radius 1 is 0.774 bits per heavy atom. The highest BCUT2D eigenvalue weighted by atomic mass is 16.6. The van der Waals surface area contributed by atoms with Gasteiger partial charge in [-0.15, -0.1) is 10.2 Å². The van der Waals surface area contributed by atoms with Crippen LogP contribution in [0.5, 0.6) is 0 Å². The molecule has 0 aliphatic heterocycles. The van der Waals surface area contributed by atoms with E-state index in [-0.39, 0.29) is 13.2 Å². The lowest BCUT2D eigenvalue weighted by Gasteiger charge is -2.17. The Kier molecular flexibility index (Phi) is 6.28. The molecule has 0 aliphatic rings. The van der Waals surface area contributed by atoms with Crippen molar-refractivity contribution in [3.05, 3.63) is 102 Å². The van der Waals surface area contributed by atoms with Gasteiger partial charge in [-0.1, -0.05) is 91.0 Å². The van der Waals surface area contributed by atoms with Gasteiger partial charge in [-0.3, -0.25) is 0 Å². The number of nitrogens with zero attached hydrogens (tertiary/aromatic N) is 4. The number of amides is 1. The van der Waals surface area contributed by atoms with Gasteiger partial charge in [-0.2, -0.15) is 0 Å². The number of carbonyl (C=O) groups excluding carboxylic acids is 1. The largest absolute Gasteiger partial charge is 0.445 e. The number of aromatic nitrogens is 3. The molecule has 0 atom stereocenters. The molecular weight excluding hydrogens is 388 g/mol. The maximum atomic E-state index is 12.4. The van der Waals surface area contributed by atoms with E-state index in [2.05, 4.69) is 10.2 Å². The summed E-state index contributed by atoms with van der Waals surface area (Å²) in [5.41, 5.74) is 4.23. The van der Waals surface area contributed by atoms with Crippen LogP contribution in [0.2, 0.25) is 0 Å². The molecule has 1 heterocycles. The van der Waals surface area contributed by atoms with E-state index >= 15 is 0 Å². The van der Waals surface area contributed by atoms with Gasteiger partial charge in [0.25, 0.3) is 0 Å². The van der Waals surface area contributed by atoms with E-state index in [1.165, 1.54) is 4.90 Å². The number of rotatable bonds is 6. The van der Waals surface area contributed by atoms with Crippen LogP contribution in [0.25, 0.3) is 22.5 Å². The van der Waals surface area contributed by atoms with Crippen LogP contribution in [0, 0.1) is 0 Å². The fourth-order valence-corrected chi connectivity index (χ4v) is 3.12. The van der Waals surface area contributed by atoms with Gasteiger partial charge in [0.15, 0.2) is 5.82 Å². The van der Waals surface area contributed by atoms with Crippen LogP contribution in [0.3, 0.4) is 0 Å². The molecule has 0 saturated carbocycles. The van der Waals surface area contributed by atoms with Crippen molar-refractivity contribution in [1.82, 2.24) is 20.1 Å². The lowest BCUT2D eigenvalue weighted by Crippen LogP contribution is -2.28. The Morgan fingerprint density at radius 3 is 1.94 bits per heavy atom. The predicted molar refractivity (Wildman–Crippen MR) is 119 cm³/mol. The number of ether oxygens (including phenoxy) is 1. The summed E-state index contributed by atoms with van der Waals surface area (Å²) < 4.78 is 5.38. The number of hydrogen-bond acceptors (Lipinski definition) is 5. The lowest BCUT2D eigenvalue weighted by molar-refractivity contribution is 0.102. The first kappa shape index (κ1) is 20.2. The van der Waals surface area contributed by atoms with Gasteiger partial charge in [0.2, 0.25) is 0 Å². The van der Waals surface area contributed by atoms with E-state index in [1.807, 2.05) is 91.0 Å². The minimum absolute atomic E-state index is 0.190. The highest BCUT2D eigenvalue weighted by Crippen LogP contribution is 2.28. The molecule has 0 unspecified atom stereocenters. The molecule has 31 heavy (non-hydrogen) atoms. The zero-order chi connectivity index (χ0) is 21.5. The topological polar surface area (TPSA) is 68.2 Å². The first-order valence-corrected chi connectivity index (χ1v) is 9.97. The van der Waals surface area contributed by atoms with E-state index in [9.17, 15) is 4.79 Å². The first-order valence-electron chi connectivity index (χ1n) is 9.97. The summed E-state index contributed by atoms with van der Waals surface area (Å²) in [5.74, 6) is 0.442. The summed E-state index contributed by atoms with van der Waals surface area (Å²) >= 11 is 0. The third-order valence-corrected chi connectivity index (χ3v) is 4.72. The van der Waals surface area contributed by atoms with E-state index < -0.39 is 6.09 Å². The number of carbonyl (C=O) groups is 1. The van der Waals surface area contributed by atoms with E-state index in [1.54, 1.807) is 7.05 Å². The van der Waals surface area contributed by atoms with E-state index in [0.717, 1.165) is 22.4 Å². The van der Waals surface area contributed by atoms with Crippen molar-refractivity contribution in [3.63, 3.8) is 0 Å². The molecule has 154 valence electrons. The summed E-state index contributed by atoms with van der Waals surface area (Å²) in [6.45, 7) is 0.404. The molecule has 6 nitrogen and oxygen atoms in total. The summed E-state index contributed by atoms with van der Waals surface area (Å²) in [5, 5.41) is 8.71. The van der Waals surface area contributed by atoms with Crippen molar-refractivity contribution >= 4 is 6.09 Å². The van der Waals surface area contributed by atoms with Gasteiger partial charge < -0.3 is 9.64 Å². The Labute approximate surface area is 181 Å². The average Bonchev–Trinajstić information content (AvgIpc) is 2.84. The fourth-order valence-electron chi connectivity index (χ4n) is 3.12. The minimum atomic E-state index is -0.444. The number of benzene rings is 3. The normalized spacial score (nSPS) is 10.5. The third-order valence-electron chi connectivity index (χ3n) is 4.72.